The number of hydrogen-bond donors (Lipinski definition) is 1. The molecular formula is C14H20N2O3. The van der Waals surface area contributed by atoms with Crippen LogP contribution in [0.3, 0.4) is 0 Å². The maximum Gasteiger partial charge on any atom is 0.231 e. The summed E-state index contributed by atoms with van der Waals surface area (Å²) in [6.07, 6.45) is 0.366. The third-order valence-electron chi connectivity index (χ3n) is 3.21. The number of ether oxygens (including phenoxy) is 2. The second kappa shape index (κ2) is 5.93. The van der Waals surface area contributed by atoms with Gasteiger partial charge in [-0.25, -0.2) is 0 Å². The summed E-state index contributed by atoms with van der Waals surface area (Å²) in [4.78, 5) is 13.8. The third kappa shape index (κ3) is 3.38. The molecule has 19 heavy (non-hydrogen) atoms. The SMILES string of the molecule is CC(CN)CN(C)C(=O)Cc1ccc2c(c1)OCO2. The van der Waals surface area contributed by atoms with E-state index in [1.807, 2.05) is 32.2 Å². The van der Waals surface area contributed by atoms with Crippen molar-refractivity contribution in [1.82, 2.24) is 4.90 Å². The molecule has 0 bridgehead atoms. The third-order valence-corrected chi connectivity index (χ3v) is 3.21. The minimum atomic E-state index is 0.0826. The van der Waals surface area contributed by atoms with Gasteiger partial charge in [-0.2, -0.15) is 0 Å². The molecule has 0 saturated carbocycles. The summed E-state index contributed by atoms with van der Waals surface area (Å²) in [5, 5.41) is 0. The van der Waals surface area contributed by atoms with Gasteiger partial charge in [-0.05, 0) is 30.2 Å². The van der Waals surface area contributed by atoms with E-state index in [9.17, 15) is 4.79 Å². The van der Waals surface area contributed by atoms with E-state index in [1.165, 1.54) is 0 Å². The van der Waals surface area contributed by atoms with Gasteiger partial charge in [0.15, 0.2) is 11.5 Å². The Bertz CT molecular complexity index is 462. The number of amides is 1. The van der Waals surface area contributed by atoms with Crippen LogP contribution in [0.1, 0.15) is 12.5 Å². The zero-order valence-corrected chi connectivity index (χ0v) is 11.4. The van der Waals surface area contributed by atoms with Crippen molar-refractivity contribution in [2.45, 2.75) is 13.3 Å². The fourth-order valence-corrected chi connectivity index (χ4v) is 2.00. The van der Waals surface area contributed by atoms with Crippen LogP contribution < -0.4 is 15.2 Å². The standard InChI is InChI=1S/C14H20N2O3/c1-10(7-15)8-16(2)14(17)6-11-3-4-12-13(5-11)19-9-18-12/h3-5,10H,6-9,15H2,1-2H3. The summed E-state index contributed by atoms with van der Waals surface area (Å²) in [5.74, 6) is 1.84. The average molecular weight is 264 g/mol. The molecule has 5 heteroatoms. The molecule has 2 N–H and O–H groups in total. The molecule has 0 aliphatic carbocycles. The van der Waals surface area contributed by atoms with Crippen molar-refractivity contribution in [3.05, 3.63) is 23.8 Å². The first kappa shape index (κ1) is 13.7. The smallest absolute Gasteiger partial charge is 0.231 e. The topological polar surface area (TPSA) is 64.8 Å². The predicted octanol–water partition coefficient (Wildman–Crippen LogP) is 1.01. The van der Waals surface area contributed by atoms with Crippen LogP contribution in [0.2, 0.25) is 0 Å². The van der Waals surface area contributed by atoms with Crippen LogP contribution in [0, 0.1) is 5.92 Å². The number of hydrogen-bond acceptors (Lipinski definition) is 4. The van der Waals surface area contributed by atoms with Gasteiger partial charge in [0.25, 0.3) is 0 Å². The van der Waals surface area contributed by atoms with E-state index in [1.54, 1.807) is 4.90 Å². The summed E-state index contributed by atoms with van der Waals surface area (Å²) >= 11 is 0. The minimum Gasteiger partial charge on any atom is -0.454 e. The Balaban J connectivity index is 1.95. The Hall–Kier alpha value is -1.75. The van der Waals surface area contributed by atoms with Gasteiger partial charge in [-0.15, -0.1) is 0 Å². The van der Waals surface area contributed by atoms with E-state index < -0.39 is 0 Å². The van der Waals surface area contributed by atoms with Crippen molar-refractivity contribution in [1.29, 1.82) is 0 Å². The summed E-state index contributed by atoms with van der Waals surface area (Å²) in [6, 6.07) is 5.60. The van der Waals surface area contributed by atoms with Gasteiger partial charge in [0, 0.05) is 13.6 Å². The molecule has 1 aromatic rings. The van der Waals surface area contributed by atoms with E-state index in [2.05, 4.69) is 0 Å². The predicted molar refractivity (Wildman–Crippen MR) is 72.1 cm³/mol. The van der Waals surface area contributed by atoms with Crippen LogP contribution in [0.25, 0.3) is 0 Å². The van der Waals surface area contributed by atoms with E-state index >= 15 is 0 Å². The molecule has 1 atom stereocenters. The number of likely N-dealkylation sites (N-methyl/N-ethyl adjacent to an activating group) is 1. The summed E-state index contributed by atoms with van der Waals surface area (Å²) in [5.41, 5.74) is 6.50. The Morgan fingerprint density at radius 2 is 2.16 bits per heavy atom. The number of carbonyl (C=O) groups is 1. The molecule has 1 aromatic carbocycles. The highest BCUT2D eigenvalue weighted by atomic mass is 16.7. The second-order valence-corrected chi connectivity index (χ2v) is 4.98. The Kier molecular flexibility index (Phi) is 4.27. The van der Waals surface area contributed by atoms with Crippen LogP contribution in [-0.4, -0.2) is 37.7 Å². The molecule has 0 fully saturated rings. The summed E-state index contributed by atoms with van der Waals surface area (Å²) in [7, 11) is 1.81. The van der Waals surface area contributed by atoms with Crippen molar-refractivity contribution >= 4 is 5.91 Å². The van der Waals surface area contributed by atoms with Crippen molar-refractivity contribution in [3.63, 3.8) is 0 Å². The van der Waals surface area contributed by atoms with Crippen LogP contribution in [0.5, 0.6) is 11.5 Å². The Morgan fingerprint density at radius 1 is 1.42 bits per heavy atom. The molecular weight excluding hydrogens is 244 g/mol. The van der Waals surface area contributed by atoms with E-state index in [0.717, 1.165) is 11.3 Å². The zero-order chi connectivity index (χ0) is 13.8. The average Bonchev–Trinajstić information content (AvgIpc) is 2.85. The number of carbonyl (C=O) groups excluding carboxylic acids is 1. The van der Waals surface area contributed by atoms with Gasteiger partial charge in [-0.3, -0.25) is 4.79 Å². The van der Waals surface area contributed by atoms with Gasteiger partial charge in [-0.1, -0.05) is 13.0 Å². The highest BCUT2D eigenvalue weighted by Gasteiger charge is 2.16. The second-order valence-electron chi connectivity index (χ2n) is 4.98. The number of rotatable bonds is 5. The molecule has 0 saturated heterocycles. The van der Waals surface area contributed by atoms with Gasteiger partial charge < -0.3 is 20.1 Å². The van der Waals surface area contributed by atoms with Crippen molar-refractivity contribution in [2.75, 3.05) is 26.9 Å². The van der Waals surface area contributed by atoms with Crippen LogP contribution in [0.15, 0.2) is 18.2 Å². The first-order chi connectivity index (χ1) is 9.10. The van der Waals surface area contributed by atoms with Gasteiger partial charge in [0.05, 0.1) is 6.42 Å². The summed E-state index contributed by atoms with van der Waals surface area (Å²) < 4.78 is 10.5. The lowest BCUT2D eigenvalue weighted by molar-refractivity contribution is -0.129. The molecule has 1 unspecified atom stereocenters. The summed E-state index contributed by atoms with van der Waals surface area (Å²) in [6.45, 7) is 3.55. The lowest BCUT2D eigenvalue weighted by Gasteiger charge is -2.20. The highest BCUT2D eigenvalue weighted by Crippen LogP contribution is 2.32. The van der Waals surface area contributed by atoms with E-state index in [0.29, 0.717) is 31.2 Å². The molecule has 1 amide bonds. The highest BCUT2D eigenvalue weighted by molar-refractivity contribution is 5.78. The van der Waals surface area contributed by atoms with Gasteiger partial charge in [0.1, 0.15) is 0 Å². The lowest BCUT2D eigenvalue weighted by atomic mass is 10.1. The van der Waals surface area contributed by atoms with Crippen LogP contribution in [0.4, 0.5) is 0 Å². The fraction of sp³-hybridized carbons (Fsp3) is 0.500. The molecule has 0 spiro atoms. The van der Waals surface area contributed by atoms with Crippen molar-refractivity contribution in [3.8, 4) is 11.5 Å². The number of benzene rings is 1. The van der Waals surface area contributed by atoms with Gasteiger partial charge in [0.2, 0.25) is 12.7 Å². The maximum absolute atomic E-state index is 12.1. The quantitative estimate of drug-likeness (QED) is 0.862. The zero-order valence-electron chi connectivity index (χ0n) is 11.4. The molecule has 1 heterocycles. The van der Waals surface area contributed by atoms with Gasteiger partial charge >= 0.3 is 0 Å². The number of fused-ring (bicyclic) bond motifs is 1. The molecule has 0 aromatic heterocycles. The molecule has 104 valence electrons. The molecule has 5 nitrogen and oxygen atoms in total. The lowest BCUT2D eigenvalue weighted by Crippen LogP contribution is -2.34. The minimum absolute atomic E-state index is 0.0826. The Morgan fingerprint density at radius 3 is 2.89 bits per heavy atom. The molecule has 0 radical (unpaired) electrons. The largest absolute Gasteiger partial charge is 0.454 e. The molecule has 1 aliphatic heterocycles. The Labute approximate surface area is 113 Å². The molecule has 2 rings (SSSR count). The number of nitrogens with two attached hydrogens (primary N) is 1. The maximum atomic E-state index is 12.1. The number of nitrogens with zero attached hydrogens (tertiary/aromatic N) is 1. The van der Waals surface area contributed by atoms with Crippen LogP contribution >= 0.6 is 0 Å². The first-order valence-corrected chi connectivity index (χ1v) is 6.42. The van der Waals surface area contributed by atoms with Crippen molar-refractivity contribution < 1.29 is 14.3 Å². The normalized spacial score (nSPS) is 14.3. The fourth-order valence-electron chi connectivity index (χ4n) is 2.00. The van der Waals surface area contributed by atoms with E-state index in [-0.39, 0.29) is 12.7 Å². The van der Waals surface area contributed by atoms with Crippen molar-refractivity contribution in [2.24, 2.45) is 11.7 Å². The van der Waals surface area contributed by atoms with Crippen LogP contribution in [-0.2, 0) is 11.2 Å². The first-order valence-electron chi connectivity index (χ1n) is 6.42. The molecule has 1 aliphatic rings. The van der Waals surface area contributed by atoms with E-state index in [4.69, 9.17) is 15.2 Å². The monoisotopic (exact) mass is 264 g/mol.